The molecule has 0 aliphatic carbocycles. The molecule has 0 aromatic carbocycles. The summed E-state index contributed by atoms with van der Waals surface area (Å²) in [6.07, 6.45) is 4.88. The predicted molar refractivity (Wildman–Crippen MR) is 96.6 cm³/mol. The fraction of sp³-hybridized carbons (Fsp3) is 0.941. The Balaban J connectivity index is 2.23. The predicted octanol–water partition coefficient (Wildman–Crippen LogP) is 1.76. The van der Waals surface area contributed by atoms with Gasteiger partial charge in [-0.2, -0.15) is 0 Å². The molecule has 1 saturated heterocycles. The summed E-state index contributed by atoms with van der Waals surface area (Å²) in [4.78, 5) is 9.32. The molecule has 1 atom stereocenters. The second-order valence-corrected chi connectivity index (χ2v) is 6.50. The average Bonchev–Trinajstić information content (AvgIpc) is 2.54. The van der Waals surface area contributed by atoms with Gasteiger partial charge in [-0.15, -0.1) is 0 Å². The van der Waals surface area contributed by atoms with Gasteiger partial charge >= 0.3 is 0 Å². The van der Waals surface area contributed by atoms with E-state index in [2.05, 4.69) is 53.2 Å². The third kappa shape index (κ3) is 6.97. The lowest BCUT2D eigenvalue weighted by molar-refractivity contribution is 0.206. The Morgan fingerprint density at radius 1 is 1.32 bits per heavy atom. The zero-order chi connectivity index (χ0) is 16.4. The molecule has 0 aromatic heterocycles. The first-order valence-corrected chi connectivity index (χ1v) is 9.00. The second kappa shape index (κ2) is 10.8. The molecule has 1 rings (SSSR count). The lowest BCUT2D eigenvalue weighted by atomic mass is 10.1. The van der Waals surface area contributed by atoms with Crippen LogP contribution in [0.5, 0.6) is 0 Å². The first-order valence-electron chi connectivity index (χ1n) is 9.00. The molecule has 0 spiro atoms. The minimum Gasteiger partial charge on any atom is -0.355 e. The Kier molecular flexibility index (Phi) is 9.48. The molecule has 0 amide bonds. The summed E-state index contributed by atoms with van der Waals surface area (Å²) in [5.41, 5.74) is 0. The molecule has 1 aliphatic rings. The number of rotatable bonds is 8. The topological polar surface area (TPSA) is 42.9 Å². The molecule has 1 heterocycles. The van der Waals surface area contributed by atoms with E-state index in [1.807, 2.05) is 7.05 Å². The summed E-state index contributed by atoms with van der Waals surface area (Å²) in [5.74, 6) is 0.950. The van der Waals surface area contributed by atoms with E-state index in [4.69, 9.17) is 0 Å². The summed E-state index contributed by atoms with van der Waals surface area (Å²) >= 11 is 0. The molecule has 130 valence electrons. The van der Waals surface area contributed by atoms with Crippen molar-refractivity contribution in [3.8, 4) is 0 Å². The number of hydrogen-bond donors (Lipinski definition) is 2. The SMILES string of the molecule is CCCN1CCC(NC(=NC)NCCN(C)C(C)CC)CC1. The van der Waals surface area contributed by atoms with Crippen molar-refractivity contribution in [2.75, 3.05) is 46.8 Å². The molecular formula is C17H37N5. The van der Waals surface area contributed by atoms with E-state index < -0.39 is 0 Å². The van der Waals surface area contributed by atoms with Crippen molar-refractivity contribution >= 4 is 5.96 Å². The Bertz CT molecular complexity index is 310. The highest BCUT2D eigenvalue weighted by Crippen LogP contribution is 2.10. The van der Waals surface area contributed by atoms with Crippen molar-refractivity contribution in [2.45, 2.75) is 58.5 Å². The number of nitrogens with one attached hydrogen (secondary N) is 2. The smallest absolute Gasteiger partial charge is 0.191 e. The van der Waals surface area contributed by atoms with Gasteiger partial charge in [-0.3, -0.25) is 4.99 Å². The summed E-state index contributed by atoms with van der Waals surface area (Å²) in [6, 6.07) is 1.20. The third-order valence-electron chi connectivity index (χ3n) is 4.79. The molecule has 2 N–H and O–H groups in total. The number of likely N-dealkylation sites (N-methyl/N-ethyl adjacent to an activating group) is 1. The van der Waals surface area contributed by atoms with Crippen molar-refractivity contribution in [1.29, 1.82) is 0 Å². The zero-order valence-corrected chi connectivity index (χ0v) is 15.4. The van der Waals surface area contributed by atoms with Gasteiger partial charge in [-0.05, 0) is 46.2 Å². The number of guanidine groups is 1. The standard InChI is InChI=1S/C17H37N5/c1-6-11-22-12-8-16(9-13-22)20-17(18-4)19-10-14-21(5)15(3)7-2/h15-16H,6-14H2,1-5H3,(H2,18,19,20). The first kappa shape index (κ1) is 19.2. The Hall–Kier alpha value is -0.810. The molecular weight excluding hydrogens is 274 g/mol. The second-order valence-electron chi connectivity index (χ2n) is 6.50. The van der Waals surface area contributed by atoms with E-state index in [1.165, 1.54) is 45.3 Å². The van der Waals surface area contributed by atoms with E-state index in [9.17, 15) is 0 Å². The molecule has 1 fully saturated rings. The average molecular weight is 312 g/mol. The lowest BCUT2D eigenvalue weighted by Crippen LogP contribution is -2.49. The van der Waals surface area contributed by atoms with E-state index in [1.54, 1.807) is 0 Å². The van der Waals surface area contributed by atoms with Gasteiger partial charge in [0, 0.05) is 45.3 Å². The minimum absolute atomic E-state index is 0.562. The summed E-state index contributed by atoms with van der Waals surface area (Å²) < 4.78 is 0. The fourth-order valence-corrected chi connectivity index (χ4v) is 2.89. The first-order chi connectivity index (χ1) is 10.6. The van der Waals surface area contributed by atoms with Crippen LogP contribution in [0, 0.1) is 0 Å². The summed E-state index contributed by atoms with van der Waals surface area (Å²) in [5, 5.41) is 7.03. The van der Waals surface area contributed by atoms with Gasteiger partial charge < -0.3 is 20.4 Å². The Morgan fingerprint density at radius 3 is 2.55 bits per heavy atom. The van der Waals surface area contributed by atoms with Gasteiger partial charge in [-0.25, -0.2) is 0 Å². The molecule has 5 heteroatoms. The highest BCUT2D eigenvalue weighted by Gasteiger charge is 2.19. The van der Waals surface area contributed by atoms with E-state index in [0.717, 1.165) is 19.0 Å². The molecule has 0 saturated carbocycles. The van der Waals surface area contributed by atoms with Crippen molar-refractivity contribution in [1.82, 2.24) is 20.4 Å². The van der Waals surface area contributed by atoms with Crippen molar-refractivity contribution in [2.24, 2.45) is 4.99 Å². The highest BCUT2D eigenvalue weighted by molar-refractivity contribution is 5.79. The Morgan fingerprint density at radius 2 is 2.00 bits per heavy atom. The van der Waals surface area contributed by atoms with Crippen LogP contribution >= 0.6 is 0 Å². The van der Waals surface area contributed by atoms with E-state index in [-0.39, 0.29) is 0 Å². The molecule has 0 aromatic rings. The maximum absolute atomic E-state index is 4.36. The van der Waals surface area contributed by atoms with Crippen LogP contribution in [0.1, 0.15) is 46.5 Å². The third-order valence-corrected chi connectivity index (χ3v) is 4.79. The van der Waals surface area contributed by atoms with Crippen LogP contribution in [0.4, 0.5) is 0 Å². The summed E-state index contributed by atoms with van der Waals surface area (Å²) in [6.45, 7) is 12.4. The molecule has 1 unspecified atom stereocenters. The van der Waals surface area contributed by atoms with Crippen LogP contribution in [0.25, 0.3) is 0 Å². The fourth-order valence-electron chi connectivity index (χ4n) is 2.89. The van der Waals surface area contributed by atoms with Crippen LogP contribution in [0.3, 0.4) is 0 Å². The minimum atomic E-state index is 0.562. The van der Waals surface area contributed by atoms with Crippen LogP contribution < -0.4 is 10.6 Å². The molecule has 0 radical (unpaired) electrons. The number of aliphatic imine (C=N–C) groups is 1. The van der Waals surface area contributed by atoms with Crippen molar-refractivity contribution in [3.63, 3.8) is 0 Å². The van der Waals surface area contributed by atoms with Crippen LogP contribution in [0.15, 0.2) is 4.99 Å². The van der Waals surface area contributed by atoms with Gasteiger partial charge in [0.1, 0.15) is 0 Å². The largest absolute Gasteiger partial charge is 0.355 e. The van der Waals surface area contributed by atoms with E-state index in [0.29, 0.717) is 12.1 Å². The Labute approximate surface area is 137 Å². The molecule has 1 aliphatic heterocycles. The molecule has 0 bridgehead atoms. The monoisotopic (exact) mass is 311 g/mol. The summed E-state index contributed by atoms with van der Waals surface area (Å²) in [7, 11) is 4.05. The van der Waals surface area contributed by atoms with Gasteiger partial charge in [0.05, 0.1) is 0 Å². The van der Waals surface area contributed by atoms with Crippen molar-refractivity contribution in [3.05, 3.63) is 0 Å². The normalized spacial score (nSPS) is 19.5. The quantitative estimate of drug-likeness (QED) is 0.529. The van der Waals surface area contributed by atoms with Crippen LogP contribution in [0.2, 0.25) is 0 Å². The van der Waals surface area contributed by atoms with Gasteiger partial charge in [0.25, 0.3) is 0 Å². The number of hydrogen-bond acceptors (Lipinski definition) is 3. The lowest BCUT2D eigenvalue weighted by Gasteiger charge is -2.33. The number of nitrogens with zero attached hydrogens (tertiary/aromatic N) is 3. The number of likely N-dealkylation sites (tertiary alicyclic amines) is 1. The van der Waals surface area contributed by atoms with Gasteiger partial charge in [-0.1, -0.05) is 13.8 Å². The maximum Gasteiger partial charge on any atom is 0.191 e. The maximum atomic E-state index is 4.36. The highest BCUT2D eigenvalue weighted by atomic mass is 15.2. The van der Waals surface area contributed by atoms with Crippen LogP contribution in [-0.2, 0) is 0 Å². The zero-order valence-electron chi connectivity index (χ0n) is 15.4. The van der Waals surface area contributed by atoms with Gasteiger partial charge in [0.15, 0.2) is 5.96 Å². The van der Waals surface area contributed by atoms with Crippen molar-refractivity contribution < 1.29 is 0 Å². The van der Waals surface area contributed by atoms with Crippen LogP contribution in [-0.4, -0.2) is 74.7 Å². The number of piperidine rings is 1. The van der Waals surface area contributed by atoms with E-state index >= 15 is 0 Å². The molecule has 22 heavy (non-hydrogen) atoms. The van der Waals surface area contributed by atoms with Gasteiger partial charge in [0.2, 0.25) is 0 Å². The molecule has 5 nitrogen and oxygen atoms in total.